The number of alkyl halides is 4. The van der Waals surface area contributed by atoms with E-state index >= 15 is 0 Å². The molecule has 116 valence electrons. The lowest BCUT2D eigenvalue weighted by Crippen LogP contribution is -2.23. The quantitative estimate of drug-likeness (QED) is 0.630. The first-order valence-electron chi connectivity index (χ1n) is 6.19. The number of hydrogen-bond acceptors (Lipinski definition) is 5. The molecule has 1 saturated heterocycles. The maximum atomic E-state index is 13.1. The summed E-state index contributed by atoms with van der Waals surface area (Å²) in [5.41, 5.74) is -0.461. The second-order valence-corrected chi connectivity index (χ2v) is 4.68. The summed E-state index contributed by atoms with van der Waals surface area (Å²) in [6.45, 7) is 0.592. The van der Waals surface area contributed by atoms with Crippen molar-refractivity contribution in [2.24, 2.45) is 0 Å². The predicted molar refractivity (Wildman–Crippen MR) is 63.2 cm³/mol. The molecule has 0 bridgehead atoms. The molecule has 0 N–H and O–H groups in total. The fourth-order valence-corrected chi connectivity index (χ4v) is 2.07. The second-order valence-electron chi connectivity index (χ2n) is 4.68. The van der Waals surface area contributed by atoms with Gasteiger partial charge in [-0.25, -0.2) is 19.2 Å². The first kappa shape index (κ1) is 15.6. The SMILES string of the molecule is COC(=O)c1cc(CN2CC[C@H](F)C2)nc(C(F)(F)F)n1. The number of aromatic nitrogens is 2. The molecular formula is C12H13F4N3O2. The van der Waals surface area contributed by atoms with Crippen LogP contribution in [0, 0.1) is 0 Å². The van der Waals surface area contributed by atoms with Gasteiger partial charge >= 0.3 is 12.1 Å². The first-order chi connectivity index (χ1) is 9.79. The minimum absolute atomic E-state index is 0.00632. The lowest BCUT2D eigenvalue weighted by atomic mass is 10.3. The highest BCUT2D eigenvalue weighted by Crippen LogP contribution is 2.27. The maximum Gasteiger partial charge on any atom is 0.451 e. The predicted octanol–water partition coefficient (Wildman–Crippen LogP) is 1.83. The van der Waals surface area contributed by atoms with Crippen LogP contribution in [0.15, 0.2) is 6.07 Å². The Hall–Kier alpha value is -1.77. The molecule has 0 aliphatic carbocycles. The zero-order chi connectivity index (χ0) is 15.6. The zero-order valence-electron chi connectivity index (χ0n) is 11.2. The van der Waals surface area contributed by atoms with Crippen molar-refractivity contribution in [1.29, 1.82) is 0 Å². The van der Waals surface area contributed by atoms with Gasteiger partial charge in [-0.2, -0.15) is 13.2 Å². The molecule has 9 heteroatoms. The largest absolute Gasteiger partial charge is 0.464 e. The van der Waals surface area contributed by atoms with Crippen molar-refractivity contribution in [2.45, 2.75) is 25.3 Å². The molecule has 1 aromatic rings. The second kappa shape index (κ2) is 5.92. The van der Waals surface area contributed by atoms with Crippen molar-refractivity contribution in [1.82, 2.24) is 14.9 Å². The Morgan fingerprint density at radius 3 is 2.71 bits per heavy atom. The normalized spacial score (nSPS) is 19.8. The van der Waals surface area contributed by atoms with Crippen LogP contribution in [0.1, 0.15) is 28.4 Å². The third-order valence-electron chi connectivity index (χ3n) is 3.03. The summed E-state index contributed by atoms with van der Waals surface area (Å²) in [5.74, 6) is -2.38. The van der Waals surface area contributed by atoms with Gasteiger partial charge in [-0.3, -0.25) is 4.90 Å². The molecular weight excluding hydrogens is 294 g/mol. The van der Waals surface area contributed by atoms with Gasteiger partial charge < -0.3 is 4.74 Å². The number of halogens is 4. The molecule has 1 aliphatic heterocycles. The van der Waals surface area contributed by atoms with Gasteiger partial charge in [-0.05, 0) is 12.5 Å². The van der Waals surface area contributed by atoms with Gasteiger partial charge in [0.05, 0.1) is 12.8 Å². The zero-order valence-corrected chi connectivity index (χ0v) is 11.2. The van der Waals surface area contributed by atoms with Crippen LogP contribution < -0.4 is 0 Å². The summed E-state index contributed by atoms with van der Waals surface area (Å²) in [7, 11) is 1.05. The Morgan fingerprint density at radius 1 is 1.48 bits per heavy atom. The summed E-state index contributed by atoms with van der Waals surface area (Å²) in [6.07, 6.45) is -5.43. The molecule has 0 aromatic carbocycles. The Morgan fingerprint density at radius 2 is 2.19 bits per heavy atom. The van der Waals surface area contributed by atoms with Gasteiger partial charge in [-0.1, -0.05) is 0 Å². The van der Waals surface area contributed by atoms with Gasteiger partial charge in [0, 0.05) is 19.6 Å². The summed E-state index contributed by atoms with van der Waals surface area (Å²) < 4.78 is 55.7. The van der Waals surface area contributed by atoms with Crippen LogP contribution in [-0.4, -0.2) is 47.2 Å². The van der Waals surface area contributed by atoms with E-state index in [9.17, 15) is 22.4 Å². The molecule has 21 heavy (non-hydrogen) atoms. The smallest absolute Gasteiger partial charge is 0.451 e. The molecule has 0 spiro atoms. The average Bonchev–Trinajstić information content (AvgIpc) is 2.81. The highest BCUT2D eigenvalue weighted by molar-refractivity contribution is 5.87. The van der Waals surface area contributed by atoms with Gasteiger partial charge in [0.1, 0.15) is 6.17 Å². The Labute approximate surface area is 117 Å². The van der Waals surface area contributed by atoms with Crippen molar-refractivity contribution >= 4 is 5.97 Å². The summed E-state index contributed by atoms with van der Waals surface area (Å²) in [5, 5.41) is 0. The van der Waals surface area contributed by atoms with Crippen molar-refractivity contribution in [3.05, 3.63) is 23.3 Å². The minimum Gasteiger partial charge on any atom is -0.464 e. The molecule has 1 aliphatic rings. The number of nitrogens with zero attached hydrogens (tertiary/aromatic N) is 3. The lowest BCUT2D eigenvalue weighted by Gasteiger charge is -2.15. The van der Waals surface area contributed by atoms with E-state index in [0.717, 1.165) is 13.2 Å². The van der Waals surface area contributed by atoms with E-state index in [1.54, 1.807) is 4.90 Å². The van der Waals surface area contributed by atoms with E-state index < -0.39 is 29.8 Å². The number of esters is 1. The van der Waals surface area contributed by atoms with Crippen LogP contribution >= 0.6 is 0 Å². The van der Waals surface area contributed by atoms with Crippen molar-refractivity contribution < 1.29 is 27.1 Å². The highest BCUT2D eigenvalue weighted by Gasteiger charge is 2.36. The third-order valence-corrected chi connectivity index (χ3v) is 3.03. The van der Waals surface area contributed by atoms with E-state index in [1.165, 1.54) is 0 Å². The van der Waals surface area contributed by atoms with Gasteiger partial charge in [-0.15, -0.1) is 0 Å². The van der Waals surface area contributed by atoms with Gasteiger partial charge in [0.15, 0.2) is 5.69 Å². The van der Waals surface area contributed by atoms with Crippen LogP contribution in [0.2, 0.25) is 0 Å². The molecule has 2 rings (SSSR count). The van der Waals surface area contributed by atoms with Crippen molar-refractivity contribution in [3.8, 4) is 0 Å². The first-order valence-corrected chi connectivity index (χ1v) is 6.19. The average molecular weight is 307 g/mol. The fourth-order valence-electron chi connectivity index (χ4n) is 2.07. The standard InChI is InChI=1S/C12H13F4N3O2/c1-21-10(20)9-4-8(6-19-3-2-7(13)5-19)17-11(18-9)12(14,15)16/h4,7H,2-3,5-6H2,1H3/t7-/m0/s1. The molecule has 0 radical (unpaired) electrons. The Bertz CT molecular complexity index is 536. The van der Waals surface area contributed by atoms with Crippen LogP contribution in [-0.2, 0) is 17.5 Å². The summed E-state index contributed by atoms with van der Waals surface area (Å²) in [4.78, 5) is 19.6. The fraction of sp³-hybridized carbons (Fsp3) is 0.583. The molecule has 0 unspecified atom stereocenters. The number of carbonyl (C=O) groups excluding carboxylic acids is 1. The van der Waals surface area contributed by atoms with Crippen molar-refractivity contribution in [2.75, 3.05) is 20.2 Å². The number of ether oxygens (including phenoxy) is 1. The number of carbonyl (C=O) groups is 1. The van der Waals surface area contributed by atoms with E-state index in [0.29, 0.717) is 13.0 Å². The van der Waals surface area contributed by atoms with E-state index in [1.807, 2.05) is 0 Å². The molecule has 5 nitrogen and oxygen atoms in total. The summed E-state index contributed by atoms with van der Waals surface area (Å²) in [6, 6.07) is 1.13. The van der Waals surface area contributed by atoms with E-state index in [2.05, 4.69) is 14.7 Å². The topological polar surface area (TPSA) is 55.3 Å². The monoisotopic (exact) mass is 307 g/mol. The number of hydrogen-bond donors (Lipinski definition) is 0. The van der Waals surface area contributed by atoms with Gasteiger partial charge in [0.2, 0.25) is 5.82 Å². The molecule has 1 aromatic heterocycles. The van der Waals surface area contributed by atoms with E-state index in [-0.39, 0.29) is 18.8 Å². The van der Waals surface area contributed by atoms with E-state index in [4.69, 9.17) is 0 Å². The molecule has 1 atom stereocenters. The van der Waals surface area contributed by atoms with Crippen molar-refractivity contribution in [3.63, 3.8) is 0 Å². The molecule has 0 saturated carbocycles. The van der Waals surface area contributed by atoms with Gasteiger partial charge in [0.25, 0.3) is 0 Å². The Balaban J connectivity index is 2.29. The minimum atomic E-state index is -4.77. The van der Waals surface area contributed by atoms with Crippen LogP contribution in [0.3, 0.4) is 0 Å². The molecule has 0 amide bonds. The number of likely N-dealkylation sites (tertiary alicyclic amines) is 1. The number of methoxy groups -OCH3 is 1. The molecule has 1 fully saturated rings. The maximum absolute atomic E-state index is 13.1. The summed E-state index contributed by atoms with van der Waals surface area (Å²) >= 11 is 0. The van der Waals surface area contributed by atoms with Crippen LogP contribution in [0.5, 0.6) is 0 Å². The van der Waals surface area contributed by atoms with Crippen LogP contribution in [0.25, 0.3) is 0 Å². The third kappa shape index (κ3) is 3.87. The lowest BCUT2D eigenvalue weighted by molar-refractivity contribution is -0.145. The highest BCUT2D eigenvalue weighted by atomic mass is 19.4. The van der Waals surface area contributed by atoms with Crippen LogP contribution in [0.4, 0.5) is 17.6 Å². The molecule has 2 heterocycles. The number of rotatable bonds is 3. The Kier molecular flexibility index (Phi) is 4.40.